The summed E-state index contributed by atoms with van der Waals surface area (Å²) in [5.74, 6) is 0.831. The van der Waals surface area contributed by atoms with Crippen LogP contribution in [0.1, 0.15) is 22.3 Å². The van der Waals surface area contributed by atoms with Gasteiger partial charge in [-0.25, -0.2) is 9.67 Å². The number of aromatic nitrogens is 3. The fourth-order valence-corrected chi connectivity index (χ4v) is 4.65. The van der Waals surface area contributed by atoms with Crippen LogP contribution in [0.3, 0.4) is 0 Å². The zero-order valence-electron chi connectivity index (χ0n) is 17.7. The van der Waals surface area contributed by atoms with E-state index in [0.29, 0.717) is 19.6 Å². The number of nitrogens with zero attached hydrogens (tertiary/aromatic N) is 4. The van der Waals surface area contributed by atoms with E-state index in [-0.39, 0.29) is 0 Å². The first-order valence-electron chi connectivity index (χ1n) is 10.5. The molecule has 1 atom stereocenters. The molecule has 7 heteroatoms. The fraction of sp³-hybridized carbons (Fsp3) is 0.240. The number of carbonyl (C=O) groups excluding carboxylic acids is 1. The Morgan fingerprint density at radius 2 is 1.91 bits per heavy atom. The molecule has 5 rings (SSSR count). The van der Waals surface area contributed by atoms with Gasteiger partial charge >= 0.3 is 0 Å². The summed E-state index contributed by atoms with van der Waals surface area (Å²) in [5.41, 5.74) is 5.08. The molecule has 3 heterocycles. The van der Waals surface area contributed by atoms with Gasteiger partial charge in [0.2, 0.25) is 0 Å². The number of hydrogen-bond donors (Lipinski definition) is 0. The van der Waals surface area contributed by atoms with Crippen molar-refractivity contribution in [2.75, 3.05) is 13.7 Å². The second kappa shape index (κ2) is 8.37. The van der Waals surface area contributed by atoms with Crippen LogP contribution < -0.4 is 4.74 Å². The normalized spacial score (nSPS) is 15.8. The van der Waals surface area contributed by atoms with Crippen molar-refractivity contribution >= 4 is 28.9 Å². The second-order valence-corrected chi connectivity index (χ2v) is 8.55. The number of ether oxygens (including phenoxy) is 1. The van der Waals surface area contributed by atoms with E-state index in [1.807, 2.05) is 76.6 Å². The minimum absolute atomic E-state index is 0.555. The molecule has 6 nitrogen and oxygen atoms in total. The number of benzene rings is 2. The molecule has 0 N–H and O–H groups in total. The summed E-state index contributed by atoms with van der Waals surface area (Å²) in [4.78, 5) is 17.6. The van der Waals surface area contributed by atoms with Gasteiger partial charge in [-0.3, -0.25) is 9.69 Å². The number of rotatable bonds is 6. The van der Waals surface area contributed by atoms with Crippen molar-refractivity contribution in [1.82, 2.24) is 19.7 Å². The Morgan fingerprint density at radius 1 is 1.12 bits per heavy atom. The Morgan fingerprint density at radius 3 is 2.62 bits per heavy atom. The van der Waals surface area contributed by atoms with Gasteiger partial charge in [-0.1, -0.05) is 54.1 Å². The minimum Gasteiger partial charge on any atom is -0.497 e. The Kier molecular flexibility index (Phi) is 5.41. The number of aldehydes is 1. The molecule has 1 aliphatic rings. The predicted octanol–water partition coefficient (Wildman–Crippen LogP) is 4.14. The highest BCUT2D eigenvalue weighted by Gasteiger charge is 2.38. The van der Waals surface area contributed by atoms with E-state index in [2.05, 4.69) is 5.10 Å². The van der Waals surface area contributed by atoms with Gasteiger partial charge in [-0.2, -0.15) is 5.10 Å². The average molecular weight is 447 g/mol. The second-order valence-electron chi connectivity index (χ2n) is 7.98. The summed E-state index contributed by atoms with van der Waals surface area (Å²) in [7, 11) is 1.66. The summed E-state index contributed by atoms with van der Waals surface area (Å²) >= 11 is 6.84. The van der Waals surface area contributed by atoms with Crippen LogP contribution >= 0.6 is 11.6 Å². The van der Waals surface area contributed by atoms with E-state index in [4.69, 9.17) is 21.3 Å². The molecular formula is C25H23ClN4O2. The molecule has 0 fully saturated rings. The average Bonchev–Trinajstić information content (AvgIpc) is 3.27. The molecule has 1 aliphatic heterocycles. The number of pyridine rings is 1. The first-order valence-corrected chi connectivity index (χ1v) is 10.9. The molecule has 0 saturated heterocycles. The smallest absolute Gasteiger partial charge is 0.178 e. The van der Waals surface area contributed by atoms with Crippen molar-refractivity contribution in [2.45, 2.75) is 24.5 Å². The number of halogens is 1. The molecular weight excluding hydrogens is 424 g/mol. The van der Waals surface area contributed by atoms with Gasteiger partial charge in [0.1, 0.15) is 5.75 Å². The van der Waals surface area contributed by atoms with Gasteiger partial charge < -0.3 is 4.74 Å². The number of fused-ring (bicyclic) bond motifs is 3. The van der Waals surface area contributed by atoms with Crippen LogP contribution in [0.25, 0.3) is 11.0 Å². The van der Waals surface area contributed by atoms with Gasteiger partial charge in [0, 0.05) is 24.7 Å². The van der Waals surface area contributed by atoms with Gasteiger partial charge in [-0.05, 0) is 40.8 Å². The van der Waals surface area contributed by atoms with Gasteiger partial charge in [0.05, 0.1) is 19.9 Å². The molecule has 2 aromatic heterocycles. The SMILES string of the molecule is COc1ccc(Cn2ncc3c4c(cnc32)CN(C(Cl)(C=O)c2ccccc2)CC4)cc1. The lowest BCUT2D eigenvalue weighted by atomic mass is 9.96. The molecule has 2 aromatic carbocycles. The van der Waals surface area contributed by atoms with Crippen molar-refractivity contribution in [3.8, 4) is 5.75 Å². The molecule has 32 heavy (non-hydrogen) atoms. The number of carbonyl (C=O) groups is 1. The molecule has 1 unspecified atom stereocenters. The molecule has 0 aliphatic carbocycles. The third kappa shape index (κ3) is 3.55. The third-order valence-electron chi connectivity index (χ3n) is 6.15. The molecule has 0 bridgehead atoms. The Labute approximate surface area is 191 Å². The van der Waals surface area contributed by atoms with Crippen molar-refractivity contribution in [1.29, 1.82) is 0 Å². The molecule has 162 valence electrons. The summed E-state index contributed by atoms with van der Waals surface area (Å²) < 4.78 is 7.16. The molecule has 4 aromatic rings. The summed E-state index contributed by atoms with van der Waals surface area (Å²) in [6.45, 7) is 1.86. The standard InChI is InChI=1S/C25H23ClN4O2/c1-32-21-9-7-18(8-10-21)15-30-24-23(14-28-30)22-11-12-29(16-19(22)13-27-24)25(26,17-31)20-5-3-2-4-6-20/h2-10,13-14,17H,11-12,15-16H2,1H3. The molecule has 0 saturated carbocycles. The maximum Gasteiger partial charge on any atom is 0.178 e. The van der Waals surface area contributed by atoms with E-state index in [1.165, 1.54) is 5.56 Å². The van der Waals surface area contributed by atoms with Crippen LogP contribution in [0.4, 0.5) is 0 Å². The van der Waals surface area contributed by atoms with Crippen molar-refractivity contribution < 1.29 is 9.53 Å². The largest absolute Gasteiger partial charge is 0.497 e. The van der Waals surface area contributed by atoms with E-state index in [1.54, 1.807) is 7.11 Å². The number of alkyl halides is 1. The van der Waals surface area contributed by atoms with Crippen molar-refractivity contribution in [3.63, 3.8) is 0 Å². The van der Waals surface area contributed by atoms with E-state index < -0.39 is 5.00 Å². The lowest BCUT2D eigenvalue weighted by molar-refractivity contribution is -0.115. The quantitative estimate of drug-likeness (QED) is 0.253. The van der Waals surface area contributed by atoms with Gasteiger partial charge in [0.25, 0.3) is 0 Å². The third-order valence-corrected chi connectivity index (χ3v) is 6.69. The van der Waals surface area contributed by atoms with Crippen LogP contribution in [0.15, 0.2) is 67.0 Å². The van der Waals surface area contributed by atoms with Gasteiger partial charge in [-0.15, -0.1) is 0 Å². The van der Waals surface area contributed by atoms with Crippen molar-refractivity contribution in [3.05, 3.63) is 89.2 Å². The van der Waals surface area contributed by atoms with E-state index >= 15 is 0 Å². The highest BCUT2D eigenvalue weighted by Crippen LogP contribution is 2.36. The number of methoxy groups -OCH3 is 1. The zero-order valence-corrected chi connectivity index (χ0v) is 18.5. The maximum absolute atomic E-state index is 12.1. The lowest BCUT2D eigenvalue weighted by Gasteiger charge is -2.38. The summed E-state index contributed by atoms with van der Waals surface area (Å²) in [5, 5.41) is 5.66. The fourth-order valence-electron chi connectivity index (χ4n) is 4.38. The molecule has 0 amide bonds. The molecule has 0 spiro atoms. The minimum atomic E-state index is -1.19. The van der Waals surface area contributed by atoms with E-state index in [9.17, 15) is 4.79 Å². The predicted molar refractivity (Wildman–Crippen MR) is 124 cm³/mol. The van der Waals surface area contributed by atoms with Crippen LogP contribution in [-0.4, -0.2) is 39.6 Å². The Bertz CT molecular complexity index is 1260. The maximum atomic E-state index is 12.1. The Balaban J connectivity index is 1.43. The van der Waals surface area contributed by atoms with E-state index in [0.717, 1.165) is 46.2 Å². The van der Waals surface area contributed by atoms with Gasteiger partial charge in [0.15, 0.2) is 16.9 Å². The Hall–Kier alpha value is -3.22. The topological polar surface area (TPSA) is 60.2 Å². The van der Waals surface area contributed by atoms with Crippen LogP contribution in [0, 0.1) is 0 Å². The first-order chi connectivity index (χ1) is 15.6. The van der Waals surface area contributed by atoms with Crippen LogP contribution in [0.2, 0.25) is 0 Å². The van der Waals surface area contributed by atoms with Crippen molar-refractivity contribution in [2.24, 2.45) is 0 Å². The number of hydrogen-bond acceptors (Lipinski definition) is 5. The highest BCUT2D eigenvalue weighted by atomic mass is 35.5. The first kappa shape index (κ1) is 20.7. The highest BCUT2D eigenvalue weighted by molar-refractivity contribution is 6.31. The zero-order chi connectivity index (χ0) is 22.1. The monoisotopic (exact) mass is 446 g/mol. The van der Waals surface area contributed by atoms with Crippen LogP contribution in [-0.2, 0) is 29.3 Å². The van der Waals surface area contributed by atoms with Crippen LogP contribution in [0.5, 0.6) is 5.75 Å². The summed E-state index contributed by atoms with van der Waals surface area (Å²) in [6.07, 6.45) is 5.39. The summed E-state index contributed by atoms with van der Waals surface area (Å²) in [6, 6.07) is 17.5. The lowest BCUT2D eigenvalue weighted by Crippen LogP contribution is -2.46. The molecule has 0 radical (unpaired) electrons.